The molecule has 1 aromatic carbocycles. The summed E-state index contributed by atoms with van der Waals surface area (Å²) in [6.45, 7) is 2.38. The fourth-order valence-electron chi connectivity index (χ4n) is 1.72. The van der Waals surface area contributed by atoms with Crippen molar-refractivity contribution < 1.29 is 5.11 Å². The maximum atomic E-state index is 8.68. The molecule has 17 heavy (non-hydrogen) atoms. The van der Waals surface area contributed by atoms with Crippen molar-refractivity contribution in [2.45, 2.75) is 31.3 Å². The SMILES string of the molecule is Cc1ccc2[nH]c(SCCCCCO)nc2c1. The van der Waals surface area contributed by atoms with E-state index in [9.17, 15) is 0 Å². The number of aromatic nitrogens is 2. The molecule has 0 atom stereocenters. The van der Waals surface area contributed by atoms with Crippen LogP contribution in [0.2, 0.25) is 0 Å². The Morgan fingerprint density at radius 2 is 2.18 bits per heavy atom. The Labute approximate surface area is 106 Å². The van der Waals surface area contributed by atoms with E-state index in [4.69, 9.17) is 5.11 Å². The van der Waals surface area contributed by atoms with E-state index in [1.807, 2.05) is 0 Å². The summed E-state index contributed by atoms with van der Waals surface area (Å²) in [5.41, 5.74) is 3.39. The standard InChI is InChI=1S/C13H18N2OS/c1-10-5-6-11-12(9-10)15-13(14-11)17-8-4-2-3-7-16/h5-6,9,16H,2-4,7-8H2,1H3,(H,14,15). The van der Waals surface area contributed by atoms with Gasteiger partial charge in [-0.1, -0.05) is 24.2 Å². The van der Waals surface area contributed by atoms with Crippen LogP contribution in [-0.4, -0.2) is 27.4 Å². The highest BCUT2D eigenvalue weighted by molar-refractivity contribution is 7.99. The van der Waals surface area contributed by atoms with Gasteiger partial charge in [-0.3, -0.25) is 0 Å². The van der Waals surface area contributed by atoms with Gasteiger partial charge in [-0.25, -0.2) is 4.98 Å². The smallest absolute Gasteiger partial charge is 0.166 e. The number of rotatable bonds is 6. The van der Waals surface area contributed by atoms with Crippen molar-refractivity contribution in [1.82, 2.24) is 9.97 Å². The topological polar surface area (TPSA) is 48.9 Å². The Kier molecular flexibility index (Phi) is 4.45. The van der Waals surface area contributed by atoms with Crippen molar-refractivity contribution in [3.63, 3.8) is 0 Å². The van der Waals surface area contributed by atoms with Crippen LogP contribution in [0, 0.1) is 6.92 Å². The number of hydrogen-bond acceptors (Lipinski definition) is 3. The second-order valence-electron chi connectivity index (χ2n) is 4.20. The van der Waals surface area contributed by atoms with Crippen LogP contribution in [0.5, 0.6) is 0 Å². The fourth-order valence-corrected chi connectivity index (χ4v) is 2.61. The van der Waals surface area contributed by atoms with Gasteiger partial charge in [0.2, 0.25) is 0 Å². The third-order valence-corrected chi connectivity index (χ3v) is 3.62. The van der Waals surface area contributed by atoms with E-state index in [2.05, 4.69) is 35.1 Å². The number of aryl methyl sites for hydroxylation is 1. The Hall–Kier alpha value is -1.00. The third-order valence-electron chi connectivity index (χ3n) is 2.66. The number of unbranched alkanes of at least 4 members (excludes halogenated alkanes) is 2. The molecule has 1 aromatic heterocycles. The number of thioether (sulfide) groups is 1. The molecule has 2 N–H and O–H groups in total. The molecule has 0 aliphatic rings. The molecule has 0 fully saturated rings. The van der Waals surface area contributed by atoms with Gasteiger partial charge in [0.25, 0.3) is 0 Å². The highest BCUT2D eigenvalue weighted by Gasteiger charge is 2.02. The summed E-state index contributed by atoms with van der Waals surface area (Å²) in [6, 6.07) is 6.27. The Bertz CT molecular complexity index is 481. The zero-order valence-corrected chi connectivity index (χ0v) is 10.9. The molecule has 0 radical (unpaired) electrons. The first-order chi connectivity index (χ1) is 8.29. The van der Waals surface area contributed by atoms with Crippen molar-refractivity contribution >= 4 is 22.8 Å². The Morgan fingerprint density at radius 3 is 3.00 bits per heavy atom. The summed E-state index contributed by atoms with van der Waals surface area (Å²) in [5, 5.41) is 9.67. The number of hydrogen-bond donors (Lipinski definition) is 2. The number of imidazole rings is 1. The average Bonchev–Trinajstić information content (AvgIpc) is 2.70. The highest BCUT2D eigenvalue weighted by Crippen LogP contribution is 2.21. The summed E-state index contributed by atoms with van der Waals surface area (Å²) < 4.78 is 0. The molecule has 0 unspecified atom stereocenters. The minimum absolute atomic E-state index is 0.300. The summed E-state index contributed by atoms with van der Waals surface area (Å²) in [7, 11) is 0. The van der Waals surface area contributed by atoms with E-state index in [1.165, 1.54) is 5.56 Å². The summed E-state index contributed by atoms with van der Waals surface area (Å²) in [4.78, 5) is 7.87. The maximum Gasteiger partial charge on any atom is 0.166 e. The molecule has 2 rings (SSSR count). The molecule has 0 saturated carbocycles. The van der Waals surface area contributed by atoms with E-state index in [0.29, 0.717) is 6.61 Å². The number of benzene rings is 1. The molecule has 92 valence electrons. The fraction of sp³-hybridized carbons (Fsp3) is 0.462. The molecule has 0 spiro atoms. The van der Waals surface area contributed by atoms with Crippen LogP contribution < -0.4 is 0 Å². The normalized spacial score (nSPS) is 11.2. The summed E-state index contributed by atoms with van der Waals surface area (Å²) in [6.07, 6.45) is 3.12. The molecule has 0 amide bonds. The van der Waals surface area contributed by atoms with Crippen LogP contribution in [0.1, 0.15) is 24.8 Å². The minimum Gasteiger partial charge on any atom is -0.396 e. The lowest BCUT2D eigenvalue weighted by Gasteiger charge is -1.96. The Morgan fingerprint density at radius 1 is 1.29 bits per heavy atom. The van der Waals surface area contributed by atoms with Crippen LogP contribution >= 0.6 is 11.8 Å². The quantitative estimate of drug-likeness (QED) is 0.611. The van der Waals surface area contributed by atoms with Gasteiger partial charge in [0.05, 0.1) is 11.0 Å². The van der Waals surface area contributed by atoms with E-state index in [1.54, 1.807) is 11.8 Å². The van der Waals surface area contributed by atoms with Gasteiger partial charge in [0.1, 0.15) is 0 Å². The van der Waals surface area contributed by atoms with Crippen molar-refractivity contribution in [3.8, 4) is 0 Å². The Balaban J connectivity index is 1.91. The summed E-state index contributed by atoms with van der Waals surface area (Å²) in [5.74, 6) is 1.05. The monoisotopic (exact) mass is 250 g/mol. The second kappa shape index (κ2) is 6.07. The van der Waals surface area contributed by atoms with E-state index < -0.39 is 0 Å². The van der Waals surface area contributed by atoms with Crippen LogP contribution in [-0.2, 0) is 0 Å². The van der Waals surface area contributed by atoms with Crippen molar-refractivity contribution in [1.29, 1.82) is 0 Å². The van der Waals surface area contributed by atoms with Crippen LogP contribution in [0.3, 0.4) is 0 Å². The minimum atomic E-state index is 0.300. The highest BCUT2D eigenvalue weighted by atomic mass is 32.2. The number of aliphatic hydroxyl groups excluding tert-OH is 1. The molecule has 2 aromatic rings. The van der Waals surface area contributed by atoms with Crippen LogP contribution in [0.4, 0.5) is 0 Å². The van der Waals surface area contributed by atoms with Gasteiger partial charge in [-0.2, -0.15) is 0 Å². The zero-order valence-electron chi connectivity index (χ0n) is 10.1. The molecular weight excluding hydrogens is 232 g/mol. The first-order valence-electron chi connectivity index (χ1n) is 5.99. The number of nitrogens with one attached hydrogen (secondary N) is 1. The number of aromatic amines is 1. The van der Waals surface area contributed by atoms with Gasteiger partial charge < -0.3 is 10.1 Å². The molecule has 3 nitrogen and oxygen atoms in total. The lowest BCUT2D eigenvalue weighted by Crippen LogP contribution is -1.85. The van der Waals surface area contributed by atoms with Gasteiger partial charge in [0, 0.05) is 12.4 Å². The van der Waals surface area contributed by atoms with Gasteiger partial charge >= 0.3 is 0 Å². The summed E-state index contributed by atoms with van der Waals surface area (Å²) >= 11 is 1.75. The van der Waals surface area contributed by atoms with Crippen LogP contribution in [0.25, 0.3) is 11.0 Å². The number of nitrogens with zero attached hydrogens (tertiary/aromatic N) is 1. The van der Waals surface area contributed by atoms with Crippen molar-refractivity contribution in [2.24, 2.45) is 0 Å². The van der Waals surface area contributed by atoms with Gasteiger partial charge in [-0.15, -0.1) is 0 Å². The van der Waals surface area contributed by atoms with Crippen molar-refractivity contribution in [2.75, 3.05) is 12.4 Å². The largest absolute Gasteiger partial charge is 0.396 e. The van der Waals surface area contributed by atoms with E-state index in [0.717, 1.165) is 41.2 Å². The maximum absolute atomic E-state index is 8.68. The molecule has 0 bridgehead atoms. The van der Waals surface area contributed by atoms with Gasteiger partial charge in [0.15, 0.2) is 5.16 Å². The third kappa shape index (κ3) is 3.48. The number of aliphatic hydroxyl groups is 1. The van der Waals surface area contributed by atoms with Gasteiger partial charge in [-0.05, 0) is 37.5 Å². The molecular formula is C13H18N2OS. The van der Waals surface area contributed by atoms with E-state index in [-0.39, 0.29) is 0 Å². The predicted molar refractivity (Wildman–Crippen MR) is 72.5 cm³/mol. The van der Waals surface area contributed by atoms with Crippen molar-refractivity contribution in [3.05, 3.63) is 23.8 Å². The molecule has 0 aliphatic heterocycles. The lowest BCUT2D eigenvalue weighted by molar-refractivity contribution is 0.284. The zero-order chi connectivity index (χ0) is 12.1. The van der Waals surface area contributed by atoms with E-state index >= 15 is 0 Å². The first kappa shape index (κ1) is 12.5. The van der Waals surface area contributed by atoms with Crippen LogP contribution in [0.15, 0.2) is 23.4 Å². The predicted octanol–water partition coefficient (Wildman–Crippen LogP) is 3.13. The number of H-pyrrole nitrogens is 1. The molecule has 1 heterocycles. The molecule has 0 aliphatic carbocycles. The average molecular weight is 250 g/mol. The lowest BCUT2D eigenvalue weighted by atomic mass is 10.2. The second-order valence-corrected chi connectivity index (χ2v) is 5.28. The number of fused-ring (bicyclic) bond motifs is 1. The first-order valence-corrected chi connectivity index (χ1v) is 6.98. The molecule has 4 heteroatoms. The molecule has 0 saturated heterocycles.